The minimum absolute atomic E-state index is 0.0176. The third kappa shape index (κ3) is 13.0. The molecule has 0 heterocycles. The van der Waals surface area contributed by atoms with Gasteiger partial charge in [-0.05, 0) is 42.2 Å². The molecule has 1 N–H and O–H groups in total. The number of ether oxygens (including phenoxy) is 2. The van der Waals surface area contributed by atoms with E-state index >= 15 is 0 Å². The molecule has 0 saturated carbocycles. The number of methoxy groups -OCH3 is 1. The normalized spacial score (nSPS) is 14.5. The van der Waals surface area contributed by atoms with Gasteiger partial charge >= 0.3 is 0 Å². The van der Waals surface area contributed by atoms with Crippen molar-refractivity contribution in [1.82, 2.24) is 0 Å². The van der Waals surface area contributed by atoms with Crippen LogP contribution in [-0.4, -0.2) is 18.8 Å². The molecule has 3 atom stereocenters. The van der Waals surface area contributed by atoms with Gasteiger partial charge < -0.3 is 14.6 Å². The highest BCUT2D eigenvalue weighted by atomic mass is 16.5. The van der Waals surface area contributed by atoms with Crippen LogP contribution in [0.1, 0.15) is 104 Å². The van der Waals surface area contributed by atoms with Crippen molar-refractivity contribution in [3.8, 4) is 11.5 Å². The molecule has 0 radical (unpaired) electrons. The number of benzene rings is 1. The highest BCUT2D eigenvalue weighted by Crippen LogP contribution is 2.26. The Kier molecular flexibility index (Phi) is 14.7. The highest BCUT2D eigenvalue weighted by molar-refractivity contribution is 5.40. The number of rotatable bonds is 18. The quantitative estimate of drug-likeness (QED) is 0.254. The number of hydrogen-bond donors (Lipinski definition) is 1. The summed E-state index contributed by atoms with van der Waals surface area (Å²) in [6.07, 6.45) is 13.4. The van der Waals surface area contributed by atoms with Crippen molar-refractivity contribution in [1.29, 1.82) is 0 Å². The van der Waals surface area contributed by atoms with Gasteiger partial charge in [-0.3, -0.25) is 0 Å². The maximum Gasteiger partial charge on any atom is 0.128 e. The van der Waals surface area contributed by atoms with Gasteiger partial charge in [-0.15, -0.1) is 0 Å². The predicted molar refractivity (Wildman–Crippen MR) is 133 cm³/mol. The van der Waals surface area contributed by atoms with E-state index in [1.807, 2.05) is 18.2 Å². The molecular weight excluding hydrogens is 384 g/mol. The number of aliphatic hydroxyl groups is 1. The third-order valence-electron chi connectivity index (χ3n) is 6.57. The zero-order valence-corrected chi connectivity index (χ0v) is 21.3. The molecule has 0 aromatic heterocycles. The average molecular weight is 435 g/mol. The lowest BCUT2D eigenvalue weighted by Crippen LogP contribution is -2.06. The second kappa shape index (κ2) is 16.4. The van der Waals surface area contributed by atoms with E-state index in [1.54, 1.807) is 7.11 Å². The Balaban J connectivity index is 2.10. The molecule has 3 heteroatoms. The predicted octanol–water partition coefficient (Wildman–Crippen LogP) is 8.03. The summed E-state index contributed by atoms with van der Waals surface area (Å²) in [4.78, 5) is 0. The van der Waals surface area contributed by atoms with E-state index in [2.05, 4.69) is 34.6 Å². The van der Waals surface area contributed by atoms with Crippen LogP contribution in [0.5, 0.6) is 11.5 Å². The standard InChI is InChI=1S/C28H50O3/c1-22(2)10-7-11-23(3)12-8-13-24(4)14-9-15-25(5)18-19-31-27-17-16-26(21-29)28(20-27)30-6/h16-17,20,22-25,29H,7-15,18-19,21H2,1-6H3/t23-,24-,25?/m1/s1. The first-order chi connectivity index (χ1) is 14.8. The second-order valence-corrected chi connectivity index (χ2v) is 10.3. The third-order valence-corrected chi connectivity index (χ3v) is 6.57. The molecule has 0 saturated heterocycles. The average Bonchev–Trinajstić information content (AvgIpc) is 2.73. The molecule has 0 amide bonds. The molecule has 180 valence electrons. The molecule has 31 heavy (non-hydrogen) atoms. The van der Waals surface area contributed by atoms with Crippen LogP contribution in [0.25, 0.3) is 0 Å². The monoisotopic (exact) mass is 434 g/mol. The minimum atomic E-state index is -0.0176. The molecule has 0 aliphatic rings. The van der Waals surface area contributed by atoms with Crippen LogP contribution in [0, 0.1) is 23.7 Å². The maximum atomic E-state index is 9.31. The molecule has 0 aliphatic carbocycles. The van der Waals surface area contributed by atoms with E-state index in [0.29, 0.717) is 11.7 Å². The zero-order valence-electron chi connectivity index (χ0n) is 21.3. The summed E-state index contributed by atoms with van der Waals surface area (Å²) in [6.45, 7) is 12.6. The van der Waals surface area contributed by atoms with Gasteiger partial charge in [-0.1, -0.05) is 92.4 Å². The van der Waals surface area contributed by atoms with E-state index in [4.69, 9.17) is 9.47 Å². The van der Waals surface area contributed by atoms with Gasteiger partial charge in [0.1, 0.15) is 11.5 Å². The lowest BCUT2D eigenvalue weighted by Gasteiger charge is -2.16. The summed E-state index contributed by atoms with van der Waals surface area (Å²) < 4.78 is 11.2. The zero-order chi connectivity index (χ0) is 23.1. The van der Waals surface area contributed by atoms with Gasteiger partial charge in [0.2, 0.25) is 0 Å². The van der Waals surface area contributed by atoms with Gasteiger partial charge in [0.25, 0.3) is 0 Å². The van der Waals surface area contributed by atoms with Crippen LogP contribution in [0.3, 0.4) is 0 Å². The molecule has 0 aliphatic heterocycles. The molecule has 1 aromatic rings. The Morgan fingerprint density at radius 1 is 0.742 bits per heavy atom. The van der Waals surface area contributed by atoms with Gasteiger partial charge in [-0.25, -0.2) is 0 Å². The SMILES string of the molecule is COc1cc(OCCC(C)CCC[C@H](C)CCC[C@H](C)CCCC(C)C)ccc1CO. The lowest BCUT2D eigenvalue weighted by molar-refractivity contribution is 0.266. The summed E-state index contributed by atoms with van der Waals surface area (Å²) in [5.41, 5.74) is 0.790. The van der Waals surface area contributed by atoms with Crippen LogP contribution in [0.4, 0.5) is 0 Å². The van der Waals surface area contributed by atoms with Crippen molar-refractivity contribution in [3.63, 3.8) is 0 Å². The molecule has 1 aromatic carbocycles. The Bertz CT molecular complexity index is 569. The molecule has 1 rings (SSSR count). The van der Waals surface area contributed by atoms with Crippen molar-refractivity contribution in [2.24, 2.45) is 23.7 Å². The Morgan fingerprint density at radius 2 is 1.26 bits per heavy atom. The molecule has 0 fully saturated rings. The first kappa shape index (κ1) is 27.8. The molecule has 3 nitrogen and oxygen atoms in total. The van der Waals surface area contributed by atoms with Crippen LogP contribution >= 0.6 is 0 Å². The molecule has 1 unspecified atom stereocenters. The van der Waals surface area contributed by atoms with Crippen LogP contribution < -0.4 is 9.47 Å². The van der Waals surface area contributed by atoms with E-state index in [9.17, 15) is 5.11 Å². The molecule has 0 bridgehead atoms. The largest absolute Gasteiger partial charge is 0.496 e. The fraction of sp³-hybridized carbons (Fsp3) is 0.786. The second-order valence-electron chi connectivity index (χ2n) is 10.3. The van der Waals surface area contributed by atoms with Crippen molar-refractivity contribution in [2.45, 2.75) is 105 Å². The van der Waals surface area contributed by atoms with E-state index in [1.165, 1.54) is 57.8 Å². The fourth-order valence-electron chi connectivity index (χ4n) is 4.26. The first-order valence-electron chi connectivity index (χ1n) is 12.8. The Labute approximate surface area is 192 Å². The fourth-order valence-corrected chi connectivity index (χ4v) is 4.26. The van der Waals surface area contributed by atoms with Gasteiger partial charge in [0.05, 0.1) is 20.3 Å². The summed E-state index contributed by atoms with van der Waals surface area (Å²) >= 11 is 0. The van der Waals surface area contributed by atoms with Crippen molar-refractivity contribution >= 4 is 0 Å². The first-order valence-corrected chi connectivity index (χ1v) is 12.8. The Hall–Kier alpha value is -1.22. The molecular formula is C28H50O3. The Morgan fingerprint density at radius 3 is 1.74 bits per heavy atom. The highest BCUT2D eigenvalue weighted by Gasteiger charge is 2.09. The van der Waals surface area contributed by atoms with Crippen LogP contribution in [0.15, 0.2) is 18.2 Å². The van der Waals surface area contributed by atoms with Gasteiger partial charge in [-0.2, -0.15) is 0 Å². The lowest BCUT2D eigenvalue weighted by atomic mass is 9.91. The van der Waals surface area contributed by atoms with Crippen molar-refractivity contribution < 1.29 is 14.6 Å². The summed E-state index contributed by atoms with van der Waals surface area (Å²) in [5.74, 6) is 4.78. The smallest absolute Gasteiger partial charge is 0.128 e. The molecule has 0 spiro atoms. The maximum absolute atomic E-state index is 9.31. The van der Waals surface area contributed by atoms with E-state index < -0.39 is 0 Å². The summed E-state index contributed by atoms with van der Waals surface area (Å²) in [7, 11) is 1.62. The minimum Gasteiger partial charge on any atom is -0.496 e. The van der Waals surface area contributed by atoms with Crippen molar-refractivity contribution in [3.05, 3.63) is 23.8 Å². The summed E-state index contributed by atoms with van der Waals surface area (Å²) in [5, 5.41) is 9.31. The topological polar surface area (TPSA) is 38.7 Å². The summed E-state index contributed by atoms with van der Waals surface area (Å²) in [6, 6.07) is 5.64. The van der Waals surface area contributed by atoms with Gasteiger partial charge in [0.15, 0.2) is 0 Å². The van der Waals surface area contributed by atoms with Crippen LogP contribution in [-0.2, 0) is 6.61 Å². The van der Waals surface area contributed by atoms with E-state index in [-0.39, 0.29) is 6.61 Å². The van der Waals surface area contributed by atoms with Crippen LogP contribution in [0.2, 0.25) is 0 Å². The van der Waals surface area contributed by atoms with Gasteiger partial charge in [0, 0.05) is 11.6 Å². The van der Waals surface area contributed by atoms with Crippen molar-refractivity contribution in [2.75, 3.05) is 13.7 Å². The van der Waals surface area contributed by atoms with E-state index in [0.717, 1.165) is 42.1 Å². The number of aliphatic hydroxyl groups excluding tert-OH is 1. The number of hydrogen-bond acceptors (Lipinski definition) is 3.